The van der Waals surface area contributed by atoms with Gasteiger partial charge >= 0.3 is 5.69 Å². The Labute approximate surface area is 116 Å². The summed E-state index contributed by atoms with van der Waals surface area (Å²) in [6.07, 6.45) is 4.15. The minimum absolute atomic E-state index is 0.246. The predicted molar refractivity (Wildman–Crippen MR) is 78.1 cm³/mol. The van der Waals surface area contributed by atoms with Crippen LogP contribution in [-0.4, -0.2) is 20.7 Å². The maximum absolute atomic E-state index is 11.9. The van der Waals surface area contributed by atoms with E-state index in [0.717, 1.165) is 24.3 Å². The highest BCUT2D eigenvalue weighted by Crippen LogP contribution is 2.07. The minimum atomic E-state index is -0.322. The van der Waals surface area contributed by atoms with Crippen molar-refractivity contribution in [3.63, 3.8) is 0 Å². The molecule has 2 rings (SSSR count). The summed E-state index contributed by atoms with van der Waals surface area (Å²) in [5.41, 5.74) is 0.245. The second-order valence-electron chi connectivity index (χ2n) is 4.61. The summed E-state index contributed by atoms with van der Waals surface area (Å²) in [5.74, 6) is 0.755. The van der Waals surface area contributed by atoms with Crippen LogP contribution in [0.1, 0.15) is 18.9 Å². The SMILES string of the molecule is CCCNc1cc(Cn2c(=O)ccn(C)c2=O)ccn1. The van der Waals surface area contributed by atoms with E-state index in [1.165, 1.54) is 21.4 Å². The van der Waals surface area contributed by atoms with Gasteiger partial charge in [-0.05, 0) is 24.1 Å². The van der Waals surface area contributed by atoms with Crippen LogP contribution in [0, 0.1) is 0 Å². The summed E-state index contributed by atoms with van der Waals surface area (Å²) in [7, 11) is 1.62. The molecule has 1 N–H and O–H groups in total. The number of nitrogens with zero attached hydrogens (tertiary/aromatic N) is 3. The van der Waals surface area contributed by atoms with Gasteiger partial charge in [-0.2, -0.15) is 0 Å². The van der Waals surface area contributed by atoms with Crippen LogP contribution >= 0.6 is 0 Å². The van der Waals surface area contributed by atoms with Crippen LogP contribution in [0.3, 0.4) is 0 Å². The zero-order valence-corrected chi connectivity index (χ0v) is 11.7. The van der Waals surface area contributed by atoms with Gasteiger partial charge in [0.2, 0.25) is 0 Å². The fraction of sp³-hybridized carbons (Fsp3) is 0.357. The summed E-state index contributed by atoms with van der Waals surface area (Å²) in [6.45, 7) is 3.16. The molecule has 0 bridgehead atoms. The maximum atomic E-state index is 11.9. The number of aromatic nitrogens is 3. The summed E-state index contributed by atoms with van der Waals surface area (Å²) in [4.78, 5) is 27.9. The van der Waals surface area contributed by atoms with Gasteiger partial charge in [-0.3, -0.25) is 9.36 Å². The second-order valence-corrected chi connectivity index (χ2v) is 4.61. The lowest BCUT2D eigenvalue weighted by molar-refractivity contribution is 0.639. The van der Waals surface area contributed by atoms with E-state index in [9.17, 15) is 9.59 Å². The van der Waals surface area contributed by atoms with Crippen LogP contribution in [0.2, 0.25) is 0 Å². The lowest BCUT2D eigenvalue weighted by Gasteiger charge is -2.08. The van der Waals surface area contributed by atoms with Crippen LogP contribution in [0.4, 0.5) is 5.82 Å². The van der Waals surface area contributed by atoms with Gasteiger partial charge in [-0.1, -0.05) is 6.92 Å². The van der Waals surface area contributed by atoms with E-state index in [4.69, 9.17) is 0 Å². The molecule has 0 fully saturated rings. The van der Waals surface area contributed by atoms with Crippen molar-refractivity contribution in [2.24, 2.45) is 7.05 Å². The summed E-state index contributed by atoms with van der Waals surface area (Å²) < 4.78 is 2.60. The maximum Gasteiger partial charge on any atom is 0.331 e. The number of hydrogen-bond acceptors (Lipinski definition) is 4. The molecule has 20 heavy (non-hydrogen) atoms. The van der Waals surface area contributed by atoms with Crippen LogP contribution in [-0.2, 0) is 13.6 Å². The zero-order valence-electron chi connectivity index (χ0n) is 11.7. The Kier molecular flexibility index (Phi) is 4.34. The fourth-order valence-electron chi connectivity index (χ4n) is 1.86. The van der Waals surface area contributed by atoms with E-state index in [0.29, 0.717) is 0 Å². The molecule has 0 saturated carbocycles. The van der Waals surface area contributed by atoms with Gasteiger partial charge in [-0.15, -0.1) is 0 Å². The molecule has 2 aromatic heterocycles. The zero-order chi connectivity index (χ0) is 14.5. The van der Waals surface area contributed by atoms with Crippen LogP contribution in [0.25, 0.3) is 0 Å². The summed E-state index contributed by atoms with van der Waals surface area (Å²) in [5, 5.41) is 3.18. The average molecular weight is 274 g/mol. The Balaban J connectivity index is 2.29. The molecule has 2 heterocycles. The molecule has 0 amide bonds. The largest absolute Gasteiger partial charge is 0.370 e. The molecule has 0 atom stereocenters. The van der Waals surface area contributed by atoms with E-state index in [-0.39, 0.29) is 17.8 Å². The number of pyridine rings is 1. The molecule has 0 aliphatic heterocycles. The third kappa shape index (κ3) is 3.14. The number of rotatable bonds is 5. The molecule has 0 aromatic carbocycles. The molecule has 6 heteroatoms. The van der Waals surface area contributed by atoms with Crippen molar-refractivity contribution < 1.29 is 0 Å². The Bertz CT molecular complexity index is 703. The topological polar surface area (TPSA) is 68.9 Å². The first-order chi connectivity index (χ1) is 9.61. The summed E-state index contributed by atoms with van der Waals surface area (Å²) >= 11 is 0. The highest BCUT2D eigenvalue weighted by molar-refractivity contribution is 5.37. The fourth-order valence-corrected chi connectivity index (χ4v) is 1.86. The first-order valence-electron chi connectivity index (χ1n) is 6.57. The molecule has 0 unspecified atom stereocenters. The molecule has 106 valence electrons. The van der Waals surface area contributed by atoms with Gasteiger partial charge in [0, 0.05) is 32.1 Å². The van der Waals surface area contributed by atoms with Gasteiger partial charge in [0.25, 0.3) is 5.56 Å². The highest BCUT2D eigenvalue weighted by Gasteiger charge is 2.05. The van der Waals surface area contributed by atoms with E-state index in [1.54, 1.807) is 19.3 Å². The Morgan fingerprint density at radius 3 is 2.85 bits per heavy atom. The van der Waals surface area contributed by atoms with Crippen molar-refractivity contribution in [2.45, 2.75) is 19.9 Å². The van der Waals surface area contributed by atoms with Crippen molar-refractivity contribution in [1.82, 2.24) is 14.1 Å². The number of nitrogens with one attached hydrogen (secondary N) is 1. The molecule has 0 aliphatic carbocycles. The van der Waals surface area contributed by atoms with Crippen molar-refractivity contribution in [1.29, 1.82) is 0 Å². The van der Waals surface area contributed by atoms with E-state index in [1.807, 2.05) is 6.07 Å². The third-order valence-corrected chi connectivity index (χ3v) is 2.96. The van der Waals surface area contributed by atoms with Crippen LogP contribution in [0.15, 0.2) is 40.2 Å². The van der Waals surface area contributed by atoms with E-state index in [2.05, 4.69) is 17.2 Å². The smallest absolute Gasteiger partial charge is 0.331 e. The molecule has 0 aliphatic rings. The molecule has 6 nitrogen and oxygen atoms in total. The normalized spacial score (nSPS) is 10.5. The first-order valence-corrected chi connectivity index (χ1v) is 6.57. The predicted octanol–water partition coefficient (Wildman–Crippen LogP) is 0.812. The highest BCUT2D eigenvalue weighted by atomic mass is 16.2. The van der Waals surface area contributed by atoms with Gasteiger partial charge in [0.1, 0.15) is 5.82 Å². The standard InChI is InChI=1S/C14H18N4O2/c1-3-6-15-12-9-11(4-7-16-12)10-18-13(19)5-8-17(2)14(18)20/h4-5,7-9H,3,6,10H2,1-2H3,(H,15,16). The van der Waals surface area contributed by atoms with Crippen LogP contribution in [0.5, 0.6) is 0 Å². The van der Waals surface area contributed by atoms with Crippen molar-refractivity contribution >= 4 is 5.82 Å². The molecular weight excluding hydrogens is 256 g/mol. The van der Waals surface area contributed by atoms with Crippen molar-refractivity contribution in [2.75, 3.05) is 11.9 Å². The lowest BCUT2D eigenvalue weighted by Crippen LogP contribution is -2.38. The minimum Gasteiger partial charge on any atom is -0.370 e. The number of aryl methyl sites for hydroxylation is 1. The third-order valence-electron chi connectivity index (χ3n) is 2.96. The quantitative estimate of drug-likeness (QED) is 0.876. The second kappa shape index (κ2) is 6.18. The number of hydrogen-bond donors (Lipinski definition) is 1. The molecule has 2 aromatic rings. The summed E-state index contributed by atoms with van der Waals surface area (Å²) in [6, 6.07) is 5.05. The average Bonchev–Trinajstić information content (AvgIpc) is 2.46. The Morgan fingerprint density at radius 2 is 2.10 bits per heavy atom. The van der Waals surface area contributed by atoms with Gasteiger partial charge in [-0.25, -0.2) is 9.78 Å². The number of anilines is 1. The monoisotopic (exact) mass is 274 g/mol. The van der Waals surface area contributed by atoms with Crippen molar-refractivity contribution in [3.8, 4) is 0 Å². The van der Waals surface area contributed by atoms with Crippen molar-refractivity contribution in [3.05, 3.63) is 57.0 Å². The van der Waals surface area contributed by atoms with E-state index >= 15 is 0 Å². The Hall–Kier alpha value is -2.37. The molecular formula is C14H18N4O2. The molecule has 0 saturated heterocycles. The van der Waals surface area contributed by atoms with Gasteiger partial charge < -0.3 is 9.88 Å². The van der Waals surface area contributed by atoms with Gasteiger partial charge in [0.15, 0.2) is 0 Å². The van der Waals surface area contributed by atoms with Gasteiger partial charge in [0.05, 0.1) is 6.54 Å². The lowest BCUT2D eigenvalue weighted by atomic mass is 10.2. The first kappa shape index (κ1) is 14.0. The van der Waals surface area contributed by atoms with Crippen LogP contribution < -0.4 is 16.6 Å². The van der Waals surface area contributed by atoms with E-state index < -0.39 is 0 Å². The molecule has 0 spiro atoms. The molecule has 0 radical (unpaired) electrons. The Morgan fingerprint density at radius 1 is 1.30 bits per heavy atom.